The van der Waals surface area contributed by atoms with E-state index in [2.05, 4.69) is 0 Å². The molecule has 0 radical (unpaired) electrons. The van der Waals surface area contributed by atoms with Crippen LogP contribution < -0.4 is 9.64 Å². The van der Waals surface area contributed by atoms with Gasteiger partial charge in [-0.3, -0.25) is 4.79 Å². The van der Waals surface area contributed by atoms with Crippen LogP contribution in [0.1, 0.15) is 17.5 Å². The largest absolute Gasteiger partial charge is 0.482 e. The van der Waals surface area contributed by atoms with Crippen molar-refractivity contribution < 1.29 is 32.2 Å². The Balaban J connectivity index is 1.51. The van der Waals surface area contributed by atoms with E-state index in [4.69, 9.17) is 9.47 Å². The van der Waals surface area contributed by atoms with Crippen molar-refractivity contribution in [1.82, 2.24) is 0 Å². The van der Waals surface area contributed by atoms with E-state index in [1.807, 2.05) is 24.3 Å². The molecule has 28 heavy (non-hydrogen) atoms. The van der Waals surface area contributed by atoms with Crippen LogP contribution in [-0.4, -0.2) is 31.6 Å². The monoisotopic (exact) mass is 393 g/mol. The molecule has 0 spiro atoms. The van der Waals surface area contributed by atoms with Crippen molar-refractivity contribution in [2.24, 2.45) is 0 Å². The molecule has 148 valence electrons. The fourth-order valence-corrected chi connectivity index (χ4v) is 2.96. The van der Waals surface area contributed by atoms with Gasteiger partial charge in [0.2, 0.25) is 0 Å². The highest BCUT2D eigenvalue weighted by Gasteiger charge is 2.30. The number of nitrogens with zero attached hydrogens (tertiary/aromatic N) is 1. The number of amides is 1. The number of carbonyl (C=O) groups excluding carboxylic acids is 2. The molecule has 1 heterocycles. The highest BCUT2D eigenvalue weighted by molar-refractivity contribution is 5.96. The van der Waals surface area contributed by atoms with Crippen LogP contribution >= 0.6 is 0 Å². The van der Waals surface area contributed by atoms with Gasteiger partial charge in [0, 0.05) is 12.2 Å². The topological polar surface area (TPSA) is 55.8 Å². The van der Waals surface area contributed by atoms with Crippen molar-refractivity contribution in [3.8, 4) is 5.75 Å². The van der Waals surface area contributed by atoms with Gasteiger partial charge in [-0.05, 0) is 42.7 Å². The van der Waals surface area contributed by atoms with Crippen molar-refractivity contribution in [2.45, 2.75) is 19.0 Å². The van der Waals surface area contributed by atoms with Gasteiger partial charge in [-0.25, -0.2) is 4.79 Å². The molecule has 0 fully saturated rings. The van der Waals surface area contributed by atoms with Gasteiger partial charge in [0.15, 0.2) is 13.2 Å². The van der Waals surface area contributed by atoms with E-state index in [-0.39, 0.29) is 11.7 Å². The molecule has 0 saturated heterocycles. The smallest absolute Gasteiger partial charge is 0.416 e. The number of carbonyl (C=O) groups is 2. The van der Waals surface area contributed by atoms with Gasteiger partial charge in [0.1, 0.15) is 5.75 Å². The maximum absolute atomic E-state index is 12.7. The standard InChI is InChI=1S/C20H18F3NO4/c21-20(22,23)15-7-3-8-16(11-15)27-13-19(26)28-12-18(25)24-10-4-6-14-5-1-2-9-17(14)24/h1-3,5,7-9,11H,4,6,10,12-13H2. The molecule has 2 aromatic rings. The second kappa shape index (κ2) is 8.33. The van der Waals surface area contributed by atoms with Crippen LogP contribution in [0.3, 0.4) is 0 Å². The summed E-state index contributed by atoms with van der Waals surface area (Å²) in [4.78, 5) is 25.7. The quantitative estimate of drug-likeness (QED) is 0.729. The fraction of sp³-hybridized carbons (Fsp3) is 0.300. The Hall–Kier alpha value is -3.03. The zero-order valence-electron chi connectivity index (χ0n) is 14.9. The van der Waals surface area contributed by atoms with Crippen molar-refractivity contribution in [2.75, 3.05) is 24.7 Å². The summed E-state index contributed by atoms with van der Waals surface area (Å²) in [5.41, 5.74) is 0.980. The highest BCUT2D eigenvalue weighted by atomic mass is 19.4. The number of rotatable bonds is 5. The lowest BCUT2D eigenvalue weighted by molar-refractivity contribution is -0.149. The summed E-state index contributed by atoms with van der Waals surface area (Å²) >= 11 is 0. The number of hydrogen-bond donors (Lipinski definition) is 0. The third-order valence-electron chi connectivity index (χ3n) is 4.29. The van der Waals surface area contributed by atoms with E-state index in [1.165, 1.54) is 12.1 Å². The minimum atomic E-state index is -4.50. The zero-order chi connectivity index (χ0) is 20.1. The third-order valence-corrected chi connectivity index (χ3v) is 4.29. The van der Waals surface area contributed by atoms with Crippen molar-refractivity contribution in [3.05, 3.63) is 59.7 Å². The number of fused-ring (bicyclic) bond motifs is 1. The Morgan fingerprint density at radius 1 is 1.04 bits per heavy atom. The number of ether oxygens (including phenoxy) is 2. The number of anilines is 1. The summed E-state index contributed by atoms with van der Waals surface area (Å²) in [6.45, 7) is -0.515. The molecule has 0 N–H and O–H groups in total. The SMILES string of the molecule is O=C(COc1cccc(C(F)(F)F)c1)OCC(=O)N1CCCc2ccccc21. The van der Waals surface area contributed by atoms with Crippen LogP contribution in [0.2, 0.25) is 0 Å². The molecule has 0 saturated carbocycles. The molecule has 1 aliphatic rings. The first-order chi connectivity index (χ1) is 13.3. The first-order valence-electron chi connectivity index (χ1n) is 8.68. The molecular weight excluding hydrogens is 375 g/mol. The molecular formula is C20H18F3NO4. The summed E-state index contributed by atoms with van der Waals surface area (Å²) in [5, 5.41) is 0. The molecule has 0 aliphatic carbocycles. The number of para-hydroxylation sites is 1. The zero-order valence-corrected chi connectivity index (χ0v) is 14.9. The van der Waals surface area contributed by atoms with Gasteiger partial charge >= 0.3 is 12.1 Å². The molecule has 0 atom stereocenters. The second-order valence-corrected chi connectivity index (χ2v) is 6.25. The van der Waals surface area contributed by atoms with Crippen molar-refractivity contribution in [1.29, 1.82) is 0 Å². The van der Waals surface area contributed by atoms with Crippen LogP contribution in [-0.2, 0) is 26.9 Å². The summed E-state index contributed by atoms with van der Waals surface area (Å²) < 4.78 is 48.0. The predicted octanol–water partition coefficient (Wildman–Crippen LogP) is 3.61. The molecule has 3 rings (SSSR count). The maximum Gasteiger partial charge on any atom is 0.416 e. The number of benzene rings is 2. The Bertz CT molecular complexity index is 867. The van der Waals surface area contributed by atoms with Crippen LogP contribution in [0.4, 0.5) is 18.9 Å². The minimum absolute atomic E-state index is 0.108. The van der Waals surface area contributed by atoms with Crippen molar-refractivity contribution in [3.63, 3.8) is 0 Å². The average Bonchev–Trinajstić information content (AvgIpc) is 2.69. The summed E-state index contributed by atoms with van der Waals surface area (Å²) in [7, 11) is 0. The highest BCUT2D eigenvalue weighted by Crippen LogP contribution is 2.31. The van der Waals surface area contributed by atoms with Crippen LogP contribution in [0.5, 0.6) is 5.75 Å². The Morgan fingerprint density at radius 2 is 1.82 bits per heavy atom. The van der Waals surface area contributed by atoms with Crippen molar-refractivity contribution >= 4 is 17.6 Å². The number of halogens is 3. The molecule has 0 unspecified atom stereocenters. The lowest BCUT2D eigenvalue weighted by Gasteiger charge is -2.29. The third kappa shape index (κ3) is 4.82. The Kier molecular flexibility index (Phi) is 5.87. The Morgan fingerprint density at radius 3 is 2.61 bits per heavy atom. The number of aryl methyl sites for hydroxylation is 1. The molecule has 1 amide bonds. The molecule has 8 heteroatoms. The van der Waals surface area contributed by atoms with Gasteiger partial charge in [-0.1, -0.05) is 24.3 Å². The first-order valence-corrected chi connectivity index (χ1v) is 8.68. The molecule has 1 aliphatic heterocycles. The van der Waals surface area contributed by atoms with Gasteiger partial charge in [0.25, 0.3) is 5.91 Å². The normalized spacial score (nSPS) is 13.6. The molecule has 5 nitrogen and oxygen atoms in total. The summed E-state index contributed by atoms with van der Waals surface area (Å²) in [5.74, 6) is -1.31. The summed E-state index contributed by atoms with van der Waals surface area (Å²) in [6, 6.07) is 11.7. The lowest BCUT2D eigenvalue weighted by atomic mass is 10.0. The van der Waals surface area contributed by atoms with E-state index >= 15 is 0 Å². The second-order valence-electron chi connectivity index (χ2n) is 6.25. The van der Waals surface area contributed by atoms with Crippen LogP contribution in [0.25, 0.3) is 0 Å². The van der Waals surface area contributed by atoms with E-state index in [0.717, 1.165) is 36.2 Å². The summed E-state index contributed by atoms with van der Waals surface area (Å²) in [6.07, 6.45) is -2.81. The number of alkyl halides is 3. The molecule has 2 aromatic carbocycles. The van der Waals surface area contributed by atoms with Gasteiger partial charge in [-0.15, -0.1) is 0 Å². The van der Waals surface area contributed by atoms with Gasteiger partial charge in [0.05, 0.1) is 5.56 Å². The van der Waals surface area contributed by atoms with E-state index < -0.39 is 30.9 Å². The Labute approximate surface area is 159 Å². The van der Waals surface area contributed by atoms with Crippen LogP contribution in [0.15, 0.2) is 48.5 Å². The maximum atomic E-state index is 12.7. The number of hydrogen-bond acceptors (Lipinski definition) is 4. The average molecular weight is 393 g/mol. The van der Waals surface area contributed by atoms with Gasteiger partial charge in [-0.2, -0.15) is 13.2 Å². The molecule has 0 bridgehead atoms. The first kappa shape index (κ1) is 19.7. The van der Waals surface area contributed by atoms with Crippen LogP contribution in [0, 0.1) is 0 Å². The fourth-order valence-electron chi connectivity index (χ4n) is 2.96. The minimum Gasteiger partial charge on any atom is -0.482 e. The predicted molar refractivity (Wildman–Crippen MR) is 95.0 cm³/mol. The van der Waals surface area contributed by atoms with E-state index in [0.29, 0.717) is 6.54 Å². The number of esters is 1. The lowest BCUT2D eigenvalue weighted by Crippen LogP contribution is -2.38. The van der Waals surface area contributed by atoms with E-state index in [9.17, 15) is 22.8 Å². The van der Waals surface area contributed by atoms with Gasteiger partial charge < -0.3 is 14.4 Å². The van der Waals surface area contributed by atoms with E-state index in [1.54, 1.807) is 4.90 Å². The molecule has 0 aromatic heterocycles.